The fourth-order valence-corrected chi connectivity index (χ4v) is 8.73. The summed E-state index contributed by atoms with van der Waals surface area (Å²) in [5.74, 6) is -1.15. The Morgan fingerprint density at radius 1 is 0.383 bits per heavy atom. The van der Waals surface area contributed by atoms with Crippen LogP contribution in [0.2, 0.25) is 0 Å². The maximum atomic E-state index is 10.6. The van der Waals surface area contributed by atoms with Crippen molar-refractivity contribution < 1.29 is 49.8 Å². The number of aliphatic hydroxyl groups excluding tert-OH is 2. The van der Waals surface area contributed by atoms with Crippen LogP contribution in [0.4, 0.5) is 11.4 Å². The van der Waals surface area contributed by atoms with Gasteiger partial charge >= 0.3 is 23.9 Å². The number of aliphatic carboxylic acids is 4. The smallest absolute Gasteiger partial charge is 0.317 e. The topological polar surface area (TPSA) is 369 Å². The van der Waals surface area contributed by atoms with Gasteiger partial charge in [0.25, 0.3) is 0 Å². The molecule has 0 fully saturated rings. The monoisotopic (exact) mass is 1110 g/mol. The molecule has 0 aliphatic rings. The standard InChI is InChI=1S/C38H40N10.C10H16N2O8.C7H10N2.C2H6O2/c1-23-5-9-27-31(15-23)43-35(39-27)19-47(20-36-40-28-10-6-24(2)16-32(28)44-36)13-14-48(21-37-41-29-11-7-25(3)17-33(29)45-37)22-38-42-30-12-8-26(4)18-34(30)46-38;13-7(14)3-11(4-8(15)16)1-2-12(5-9(17)18)6-10(19)20;1-5-2-3-6(8)7(9)4-5;3-1-2-4/h5-12,15-18H,13-14,19-22H2,1-4H3,(H,39,43)(H,40,44)(H,41,45)(H,42,46);1-6H2,(H,13,14)(H,15,16)(H,17,18)(H,19,20);2-4H,8-9H2,1H3;3-4H,1-2H2. The van der Waals surface area contributed by atoms with E-state index in [4.69, 9.17) is 62.0 Å². The highest BCUT2D eigenvalue weighted by molar-refractivity contribution is 5.78. The number of hydrogen-bond donors (Lipinski definition) is 12. The number of nitrogen functional groups attached to an aromatic ring is 2. The van der Waals surface area contributed by atoms with E-state index in [9.17, 15) is 19.2 Å². The highest BCUT2D eigenvalue weighted by Crippen LogP contribution is 2.21. The zero-order valence-corrected chi connectivity index (χ0v) is 46.1. The molecule has 0 aliphatic heterocycles. The molecule has 24 nitrogen and oxygen atoms in total. The van der Waals surface area contributed by atoms with Crippen LogP contribution in [0.25, 0.3) is 44.1 Å². The van der Waals surface area contributed by atoms with Crippen molar-refractivity contribution in [2.75, 3.05) is 77.0 Å². The molecule has 4 aromatic heterocycles. The molecular weight excluding hydrogens is 1040 g/mol. The van der Waals surface area contributed by atoms with E-state index in [1.54, 1.807) is 0 Å². The average molecular weight is 1110 g/mol. The number of carboxylic acid groups (broad SMARTS) is 4. The van der Waals surface area contributed by atoms with Gasteiger partial charge in [-0.1, -0.05) is 30.3 Å². The third-order valence-corrected chi connectivity index (χ3v) is 12.5. The van der Waals surface area contributed by atoms with Crippen molar-refractivity contribution in [1.82, 2.24) is 59.5 Å². The number of nitrogens with zero attached hydrogens (tertiary/aromatic N) is 8. The second kappa shape index (κ2) is 29.4. The summed E-state index contributed by atoms with van der Waals surface area (Å²) in [4.78, 5) is 83.2. The van der Waals surface area contributed by atoms with E-state index in [2.05, 4.69) is 130 Å². The van der Waals surface area contributed by atoms with E-state index < -0.39 is 50.1 Å². The van der Waals surface area contributed by atoms with Crippen molar-refractivity contribution >= 4 is 79.4 Å². The number of hydrogen-bond acceptors (Lipinski definition) is 16. The van der Waals surface area contributed by atoms with Gasteiger partial charge in [-0.2, -0.15) is 0 Å². The minimum Gasteiger partial charge on any atom is -0.480 e. The number of carboxylic acids is 4. The van der Waals surface area contributed by atoms with E-state index in [0.717, 1.165) is 95.9 Å². The van der Waals surface area contributed by atoms with Crippen LogP contribution in [-0.4, -0.2) is 180 Å². The maximum Gasteiger partial charge on any atom is 0.317 e. The van der Waals surface area contributed by atoms with Crippen LogP contribution in [0.15, 0.2) is 91.0 Å². The molecule has 0 unspecified atom stereocenters. The average Bonchev–Trinajstić information content (AvgIpc) is 4.23. The Labute approximate surface area is 467 Å². The number of rotatable bonds is 23. The zero-order valence-electron chi connectivity index (χ0n) is 46.1. The van der Waals surface area contributed by atoms with Gasteiger partial charge < -0.3 is 62.0 Å². The molecule has 9 aromatic rings. The van der Waals surface area contributed by atoms with Crippen LogP contribution in [0.5, 0.6) is 0 Å². The molecule has 0 saturated carbocycles. The van der Waals surface area contributed by atoms with Gasteiger partial charge in [-0.3, -0.25) is 38.8 Å². The number of aryl methyl sites for hydroxylation is 5. The second-order valence-corrected chi connectivity index (χ2v) is 19.8. The number of H-pyrrole nitrogens is 4. The summed E-state index contributed by atoms with van der Waals surface area (Å²) >= 11 is 0. The lowest BCUT2D eigenvalue weighted by Crippen LogP contribution is -2.43. The van der Waals surface area contributed by atoms with Crippen molar-refractivity contribution in [2.24, 2.45) is 0 Å². The van der Waals surface area contributed by atoms with Gasteiger partial charge in [0.1, 0.15) is 23.3 Å². The number of aromatic nitrogens is 8. The molecule has 0 spiro atoms. The number of imidazole rings is 4. The van der Waals surface area contributed by atoms with E-state index in [0.29, 0.717) is 37.6 Å². The predicted molar refractivity (Wildman–Crippen MR) is 309 cm³/mol. The Balaban J connectivity index is 0.000000263. The van der Waals surface area contributed by atoms with Crippen LogP contribution in [0.3, 0.4) is 0 Å². The molecule has 430 valence electrons. The van der Waals surface area contributed by atoms with Gasteiger partial charge in [-0.15, -0.1) is 0 Å². The molecule has 0 amide bonds. The number of aliphatic hydroxyl groups is 2. The number of benzene rings is 5. The molecule has 0 aliphatic carbocycles. The van der Waals surface area contributed by atoms with Crippen molar-refractivity contribution in [2.45, 2.75) is 60.8 Å². The number of aromatic amines is 4. The lowest BCUT2D eigenvalue weighted by Gasteiger charge is -2.26. The van der Waals surface area contributed by atoms with Crippen LogP contribution < -0.4 is 11.5 Å². The summed E-state index contributed by atoms with van der Waals surface area (Å²) in [6.07, 6.45) is 0. The fourth-order valence-electron chi connectivity index (χ4n) is 8.73. The highest BCUT2D eigenvalue weighted by atomic mass is 16.4. The minimum absolute atomic E-state index is 0.0703. The van der Waals surface area contributed by atoms with Gasteiger partial charge in [0.15, 0.2) is 0 Å². The third-order valence-electron chi connectivity index (χ3n) is 12.5. The quantitative estimate of drug-likeness (QED) is 0.0367. The summed E-state index contributed by atoms with van der Waals surface area (Å²) < 4.78 is 0. The predicted octanol–water partition coefficient (Wildman–Crippen LogP) is 5.19. The van der Waals surface area contributed by atoms with Crippen LogP contribution in [0, 0.1) is 34.6 Å². The molecule has 24 heteroatoms. The number of fused-ring (bicyclic) bond motifs is 4. The van der Waals surface area contributed by atoms with Gasteiger partial charge in [-0.05, 0) is 123 Å². The Hall–Kier alpha value is -8.78. The fraction of sp³-hybridized carbons (Fsp3) is 0.333. The second-order valence-electron chi connectivity index (χ2n) is 19.8. The van der Waals surface area contributed by atoms with Crippen molar-refractivity contribution in [1.29, 1.82) is 0 Å². The van der Waals surface area contributed by atoms with Gasteiger partial charge in [0.05, 0.1) is 121 Å². The highest BCUT2D eigenvalue weighted by Gasteiger charge is 2.20. The van der Waals surface area contributed by atoms with Crippen LogP contribution in [-0.2, 0) is 45.4 Å². The van der Waals surface area contributed by atoms with Crippen molar-refractivity contribution in [3.63, 3.8) is 0 Å². The number of nitrogens with one attached hydrogen (secondary N) is 4. The SMILES string of the molecule is Cc1ccc(N)c(N)c1.Cc1ccc2nc(CN(CCN(Cc3nc4ccc(C)cc4[nH]3)Cc3nc4ccc(C)cc4[nH]3)Cc3nc4ccc(C)cc4[nH]3)[nH]c2c1.O=C(O)CN(CCN(CC(=O)O)CC(=O)O)CC(=O)O.OCCO. The van der Waals surface area contributed by atoms with Gasteiger partial charge in [-0.25, -0.2) is 19.9 Å². The minimum atomic E-state index is -1.23. The lowest BCUT2D eigenvalue weighted by molar-refractivity contribution is -0.145. The molecule has 9 rings (SSSR count). The first-order valence-electron chi connectivity index (χ1n) is 26.0. The van der Waals surface area contributed by atoms with Gasteiger partial charge in [0, 0.05) is 26.2 Å². The Bertz CT molecular complexity index is 3150. The number of carbonyl (C=O) groups is 4. The molecule has 14 N–H and O–H groups in total. The Morgan fingerprint density at radius 2 is 0.630 bits per heavy atom. The van der Waals surface area contributed by atoms with Crippen LogP contribution >= 0.6 is 0 Å². The Kier molecular flexibility index (Phi) is 22.3. The summed E-state index contributed by atoms with van der Waals surface area (Å²) in [6, 6.07) is 31.0. The van der Waals surface area contributed by atoms with Gasteiger partial charge in [0.2, 0.25) is 0 Å². The molecule has 0 atom stereocenters. The number of anilines is 2. The van der Waals surface area contributed by atoms with E-state index >= 15 is 0 Å². The molecule has 0 radical (unpaired) electrons. The van der Waals surface area contributed by atoms with Crippen LogP contribution in [0.1, 0.15) is 51.1 Å². The summed E-state index contributed by atoms with van der Waals surface area (Å²) in [6.45, 7) is 12.1. The molecule has 5 aromatic carbocycles. The molecule has 4 heterocycles. The van der Waals surface area contributed by atoms with E-state index in [1.807, 2.05) is 25.1 Å². The first kappa shape index (κ1) is 61.4. The zero-order chi connectivity index (χ0) is 58.8. The molecule has 0 saturated heterocycles. The molecule has 0 bridgehead atoms. The summed E-state index contributed by atoms with van der Waals surface area (Å²) in [5, 5.41) is 49.7. The molecular formula is C57H72N14O10. The Morgan fingerprint density at radius 3 is 0.864 bits per heavy atom. The first-order chi connectivity index (χ1) is 38.6. The van der Waals surface area contributed by atoms with E-state index in [1.165, 1.54) is 22.3 Å². The summed E-state index contributed by atoms with van der Waals surface area (Å²) in [5.41, 5.74) is 26.4. The van der Waals surface area contributed by atoms with Crippen molar-refractivity contribution in [3.8, 4) is 0 Å². The number of nitrogens with two attached hydrogens (primary N) is 2. The van der Waals surface area contributed by atoms with Crippen molar-refractivity contribution in [3.05, 3.63) is 142 Å². The van der Waals surface area contributed by atoms with E-state index in [-0.39, 0.29) is 26.3 Å². The summed E-state index contributed by atoms with van der Waals surface area (Å²) in [7, 11) is 0. The normalized spacial score (nSPS) is 11.3. The third kappa shape index (κ3) is 19.8. The first-order valence-corrected chi connectivity index (χ1v) is 26.0. The molecule has 81 heavy (non-hydrogen) atoms. The maximum absolute atomic E-state index is 10.6. The lowest BCUT2D eigenvalue weighted by atomic mass is 10.2. The largest absolute Gasteiger partial charge is 0.480 e.